The molecule has 1 atom stereocenters. The quantitative estimate of drug-likeness (QED) is 0.749. The molecule has 1 unspecified atom stereocenters. The van der Waals surface area contributed by atoms with Gasteiger partial charge in [0.15, 0.2) is 0 Å². The van der Waals surface area contributed by atoms with Crippen LogP contribution in [0.3, 0.4) is 0 Å². The number of rotatable bonds is 8. The number of nitrogens with zero attached hydrogens (tertiary/aromatic N) is 1. The van der Waals surface area contributed by atoms with Crippen molar-refractivity contribution in [2.24, 2.45) is 0 Å². The van der Waals surface area contributed by atoms with Crippen LogP contribution in [0.5, 0.6) is 5.75 Å². The zero-order valence-electron chi connectivity index (χ0n) is 15.1. The fourth-order valence-electron chi connectivity index (χ4n) is 2.60. The third-order valence-corrected chi connectivity index (χ3v) is 3.91. The molecule has 0 aliphatic heterocycles. The van der Waals surface area contributed by atoms with Gasteiger partial charge in [0.05, 0.1) is 12.6 Å². The molecule has 0 aliphatic rings. The Balaban J connectivity index is 1.98. The molecular formula is C21H26N2O2. The molecule has 0 radical (unpaired) electrons. The number of ether oxygens (including phenoxy) is 1. The minimum Gasteiger partial charge on any atom is -0.493 e. The summed E-state index contributed by atoms with van der Waals surface area (Å²) in [6.07, 6.45) is 3.34. The zero-order chi connectivity index (χ0) is 18.1. The smallest absolute Gasteiger partial charge is 0.244 e. The Labute approximate surface area is 150 Å². The lowest BCUT2D eigenvalue weighted by atomic mass is 10.1. The Kier molecular flexibility index (Phi) is 7.23. The predicted molar refractivity (Wildman–Crippen MR) is 103 cm³/mol. The lowest BCUT2D eigenvalue weighted by molar-refractivity contribution is -0.116. The highest BCUT2D eigenvalue weighted by Gasteiger charge is 2.14. The summed E-state index contributed by atoms with van der Waals surface area (Å²) in [5.41, 5.74) is 2.07. The minimum atomic E-state index is -0.117. The molecule has 0 saturated carbocycles. The first-order valence-corrected chi connectivity index (χ1v) is 8.51. The molecule has 1 amide bonds. The van der Waals surface area contributed by atoms with E-state index >= 15 is 0 Å². The van der Waals surface area contributed by atoms with Crippen LogP contribution in [0.25, 0.3) is 6.08 Å². The second-order valence-corrected chi connectivity index (χ2v) is 5.94. The van der Waals surface area contributed by atoms with Gasteiger partial charge in [0.1, 0.15) is 5.75 Å². The van der Waals surface area contributed by atoms with Crippen molar-refractivity contribution in [3.63, 3.8) is 0 Å². The van der Waals surface area contributed by atoms with E-state index in [0.29, 0.717) is 13.2 Å². The van der Waals surface area contributed by atoms with E-state index in [1.807, 2.05) is 63.5 Å². The summed E-state index contributed by atoms with van der Waals surface area (Å²) >= 11 is 0. The van der Waals surface area contributed by atoms with Gasteiger partial charge in [0.2, 0.25) is 5.91 Å². The normalized spacial score (nSPS) is 12.3. The molecule has 4 heteroatoms. The molecule has 0 aliphatic carbocycles. The van der Waals surface area contributed by atoms with E-state index in [9.17, 15) is 4.79 Å². The predicted octanol–water partition coefficient (Wildman–Crippen LogP) is 3.52. The van der Waals surface area contributed by atoms with Crippen LogP contribution in [-0.4, -0.2) is 38.1 Å². The van der Waals surface area contributed by atoms with Gasteiger partial charge in [-0.25, -0.2) is 0 Å². The van der Waals surface area contributed by atoms with E-state index in [0.717, 1.165) is 11.3 Å². The maximum Gasteiger partial charge on any atom is 0.244 e. The number of para-hydroxylation sites is 1. The molecule has 0 saturated heterocycles. The van der Waals surface area contributed by atoms with E-state index in [1.54, 1.807) is 12.2 Å². The van der Waals surface area contributed by atoms with Gasteiger partial charge < -0.3 is 15.0 Å². The Morgan fingerprint density at radius 1 is 1.12 bits per heavy atom. The summed E-state index contributed by atoms with van der Waals surface area (Å²) < 4.78 is 5.57. The maximum absolute atomic E-state index is 12.2. The molecule has 2 aromatic rings. The Morgan fingerprint density at radius 3 is 2.48 bits per heavy atom. The summed E-state index contributed by atoms with van der Waals surface area (Å²) in [6.45, 7) is 3.09. The van der Waals surface area contributed by atoms with Gasteiger partial charge >= 0.3 is 0 Å². The van der Waals surface area contributed by atoms with Crippen molar-refractivity contribution in [3.8, 4) is 5.75 Å². The average Bonchev–Trinajstić information content (AvgIpc) is 2.62. The number of hydrogen-bond acceptors (Lipinski definition) is 3. The average molecular weight is 338 g/mol. The first-order chi connectivity index (χ1) is 12.1. The van der Waals surface area contributed by atoms with Gasteiger partial charge in [0, 0.05) is 18.2 Å². The highest BCUT2D eigenvalue weighted by molar-refractivity contribution is 5.92. The molecule has 2 rings (SSSR count). The van der Waals surface area contributed by atoms with Gasteiger partial charge in [0.25, 0.3) is 0 Å². The third-order valence-electron chi connectivity index (χ3n) is 3.91. The topological polar surface area (TPSA) is 41.6 Å². The summed E-state index contributed by atoms with van der Waals surface area (Å²) in [5, 5.41) is 2.98. The Hall–Kier alpha value is -2.59. The first kappa shape index (κ1) is 18.7. The van der Waals surface area contributed by atoms with Gasteiger partial charge in [-0.3, -0.25) is 4.79 Å². The molecule has 0 aromatic heterocycles. The van der Waals surface area contributed by atoms with Crippen molar-refractivity contribution >= 4 is 12.0 Å². The van der Waals surface area contributed by atoms with Crippen LogP contribution in [0.15, 0.2) is 60.7 Å². The Morgan fingerprint density at radius 2 is 1.80 bits per heavy atom. The largest absolute Gasteiger partial charge is 0.493 e. The van der Waals surface area contributed by atoms with Crippen LogP contribution in [0.4, 0.5) is 0 Å². The number of likely N-dealkylation sites (N-methyl/N-ethyl adjacent to an activating group) is 1. The van der Waals surface area contributed by atoms with Crippen molar-refractivity contribution in [2.45, 2.75) is 13.0 Å². The first-order valence-electron chi connectivity index (χ1n) is 8.51. The Bertz CT molecular complexity index is 696. The number of nitrogens with one attached hydrogen (secondary N) is 1. The summed E-state index contributed by atoms with van der Waals surface area (Å²) in [6, 6.07) is 18.0. The van der Waals surface area contributed by atoms with Crippen molar-refractivity contribution in [2.75, 3.05) is 27.2 Å². The zero-order valence-corrected chi connectivity index (χ0v) is 15.1. The molecule has 132 valence electrons. The highest BCUT2D eigenvalue weighted by Crippen LogP contribution is 2.19. The molecule has 0 bridgehead atoms. The minimum absolute atomic E-state index is 0.117. The van der Waals surface area contributed by atoms with E-state index in [4.69, 9.17) is 4.74 Å². The number of amides is 1. The number of benzene rings is 2. The molecule has 2 aromatic carbocycles. The van der Waals surface area contributed by atoms with Crippen LogP contribution in [0.1, 0.15) is 24.1 Å². The van der Waals surface area contributed by atoms with Gasteiger partial charge in [-0.1, -0.05) is 48.5 Å². The van der Waals surface area contributed by atoms with E-state index in [1.165, 1.54) is 5.56 Å². The summed E-state index contributed by atoms with van der Waals surface area (Å²) in [5.74, 6) is 0.665. The highest BCUT2D eigenvalue weighted by atomic mass is 16.5. The lowest BCUT2D eigenvalue weighted by Gasteiger charge is -2.24. The van der Waals surface area contributed by atoms with E-state index in [-0.39, 0.29) is 11.9 Å². The number of carbonyl (C=O) groups excluding carboxylic acids is 1. The maximum atomic E-state index is 12.2. The fraction of sp³-hybridized carbons (Fsp3) is 0.286. The fourth-order valence-corrected chi connectivity index (χ4v) is 2.60. The summed E-state index contributed by atoms with van der Waals surface area (Å²) in [7, 11) is 4.02. The molecule has 0 heterocycles. The van der Waals surface area contributed by atoms with Crippen molar-refractivity contribution < 1.29 is 9.53 Å². The van der Waals surface area contributed by atoms with Crippen LogP contribution in [0, 0.1) is 0 Å². The van der Waals surface area contributed by atoms with Crippen molar-refractivity contribution in [1.82, 2.24) is 10.2 Å². The molecular weight excluding hydrogens is 312 g/mol. The third kappa shape index (κ3) is 5.76. The van der Waals surface area contributed by atoms with Crippen LogP contribution in [0.2, 0.25) is 0 Å². The molecule has 0 spiro atoms. The van der Waals surface area contributed by atoms with Gasteiger partial charge in [-0.2, -0.15) is 0 Å². The molecule has 4 nitrogen and oxygen atoms in total. The van der Waals surface area contributed by atoms with Crippen molar-refractivity contribution in [3.05, 3.63) is 71.8 Å². The van der Waals surface area contributed by atoms with E-state index < -0.39 is 0 Å². The van der Waals surface area contributed by atoms with Crippen LogP contribution < -0.4 is 10.1 Å². The SMILES string of the molecule is CCOc1ccccc1/C=C/C(=O)NCC(c1ccccc1)N(C)C. The van der Waals surface area contributed by atoms with Gasteiger partial charge in [-0.05, 0) is 38.7 Å². The van der Waals surface area contributed by atoms with Crippen LogP contribution >= 0.6 is 0 Å². The standard InChI is InChI=1S/C21H26N2O2/c1-4-25-20-13-9-8-12-18(20)14-15-21(24)22-16-19(23(2)3)17-10-6-5-7-11-17/h5-15,19H,4,16H2,1-3H3,(H,22,24)/b15-14+. The monoisotopic (exact) mass is 338 g/mol. The van der Waals surface area contributed by atoms with E-state index in [2.05, 4.69) is 22.3 Å². The van der Waals surface area contributed by atoms with Crippen LogP contribution in [-0.2, 0) is 4.79 Å². The second-order valence-electron chi connectivity index (χ2n) is 5.94. The van der Waals surface area contributed by atoms with Crippen molar-refractivity contribution in [1.29, 1.82) is 0 Å². The summed E-state index contributed by atoms with van der Waals surface area (Å²) in [4.78, 5) is 14.3. The lowest BCUT2D eigenvalue weighted by Crippen LogP contribution is -2.33. The van der Waals surface area contributed by atoms with Gasteiger partial charge in [-0.15, -0.1) is 0 Å². The molecule has 1 N–H and O–H groups in total. The number of hydrogen-bond donors (Lipinski definition) is 1. The molecule has 0 fully saturated rings. The molecule has 25 heavy (non-hydrogen) atoms. The number of carbonyl (C=O) groups is 1. The second kappa shape index (κ2) is 9.64.